The summed E-state index contributed by atoms with van der Waals surface area (Å²) in [6.45, 7) is 0. The summed E-state index contributed by atoms with van der Waals surface area (Å²) in [4.78, 5) is 16.7. The molecule has 0 bridgehead atoms. The van der Waals surface area contributed by atoms with E-state index in [0.717, 1.165) is 11.1 Å². The van der Waals surface area contributed by atoms with Gasteiger partial charge in [0.1, 0.15) is 23.9 Å². The lowest BCUT2D eigenvalue weighted by Gasteiger charge is -2.38. The number of carbonyl (C=O) groups excluding carboxylic acids is 1. The molecule has 2 aromatic heterocycles. The molecule has 4 heteroatoms. The maximum absolute atomic E-state index is 14.1. The molecule has 0 unspecified atom stereocenters. The average Bonchev–Trinajstić information content (AvgIpc) is 3.49. The van der Waals surface area contributed by atoms with Crippen molar-refractivity contribution in [2.45, 2.75) is 23.9 Å². The largest absolute Gasteiger partial charge is 0.331 e. The van der Waals surface area contributed by atoms with Crippen LogP contribution >= 0.6 is 22.7 Å². The van der Waals surface area contributed by atoms with E-state index >= 15 is 0 Å². The van der Waals surface area contributed by atoms with Crippen molar-refractivity contribution in [3.05, 3.63) is 117 Å². The van der Waals surface area contributed by atoms with Gasteiger partial charge in [0, 0.05) is 0 Å². The molecule has 4 aromatic rings. The predicted molar refractivity (Wildman–Crippen MR) is 119 cm³/mol. The highest BCUT2D eigenvalue weighted by atomic mass is 32.1. The molecule has 0 amide bonds. The standard InChI is InChI=1S/C25H21NOS2/c27-25-21(17-9-3-1-4-10-17)23(19-13-7-15-28-19)26-24(20-14-8-16-29-20)22(25)18-11-5-2-6-12-18/h1-16,21-24,26H/p+1/t21-,22+,23+,24-. The Balaban J connectivity index is 1.66. The number of thiophene rings is 2. The fourth-order valence-electron chi connectivity index (χ4n) is 4.54. The third kappa shape index (κ3) is 3.48. The van der Waals surface area contributed by atoms with E-state index in [1.165, 1.54) is 9.75 Å². The smallest absolute Gasteiger partial charge is 0.160 e. The van der Waals surface area contributed by atoms with E-state index in [-0.39, 0.29) is 23.9 Å². The summed E-state index contributed by atoms with van der Waals surface area (Å²) >= 11 is 3.49. The molecular formula is C25H22NOS2+. The van der Waals surface area contributed by atoms with Crippen LogP contribution in [0.3, 0.4) is 0 Å². The Hall–Kier alpha value is -2.53. The second kappa shape index (κ2) is 8.07. The second-order valence-corrected chi connectivity index (χ2v) is 9.41. The molecule has 5 rings (SSSR count). The number of ketones is 1. The zero-order valence-electron chi connectivity index (χ0n) is 15.8. The number of hydrogen-bond donors (Lipinski definition) is 1. The van der Waals surface area contributed by atoms with Gasteiger partial charge in [-0.15, -0.1) is 22.7 Å². The van der Waals surface area contributed by atoms with Gasteiger partial charge in [-0.2, -0.15) is 0 Å². The van der Waals surface area contributed by atoms with Crippen LogP contribution in [0, 0.1) is 0 Å². The Morgan fingerprint density at radius 1 is 0.586 bits per heavy atom. The summed E-state index contributed by atoms with van der Waals surface area (Å²) in [5, 5.41) is 6.66. The van der Waals surface area contributed by atoms with Crippen molar-refractivity contribution >= 4 is 28.5 Å². The van der Waals surface area contributed by atoms with Crippen molar-refractivity contribution in [2.24, 2.45) is 0 Å². The van der Waals surface area contributed by atoms with Crippen molar-refractivity contribution in [3.63, 3.8) is 0 Å². The normalized spacial score (nSPS) is 24.5. The Bertz CT molecular complexity index is 973. The quantitative estimate of drug-likeness (QED) is 0.481. The van der Waals surface area contributed by atoms with E-state index in [4.69, 9.17) is 0 Å². The van der Waals surface area contributed by atoms with E-state index in [0.29, 0.717) is 5.78 Å². The molecule has 3 heterocycles. The van der Waals surface area contributed by atoms with Gasteiger partial charge in [0.05, 0.1) is 9.75 Å². The van der Waals surface area contributed by atoms with Crippen LogP contribution in [-0.2, 0) is 4.79 Å². The summed E-state index contributed by atoms with van der Waals surface area (Å²) in [7, 11) is 0. The number of carbonyl (C=O) groups is 1. The molecule has 1 aliphatic heterocycles. The summed E-state index contributed by atoms with van der Waals surface area (Å²) in [5.74, 6) is 0.00855. The Morgan fingerprint density at radius 2 is 1.03 bits per heavy atom. The fourth-order valence-corrected chi connectivity index (χ4v) is 6.22. The highest BCUT2D eigenvalue weighted by Gasteiger charge is 2.49. The van der Waals surface area contributed by atoms with Crippen molar-refractivity contribution < 1.29 is 10.1 Å². The van der Waals surface area contributed by atoms with E-state index < -0.39 is 0 Å². The Morgan fingerprint density at radius 3 is 1.41 bits per heavy atom. The molecule has 2 nitrogen and oxygen atoms in total. The first-order chi connectivity index (χ1) is 14.3. The maximum atomic E-state index is 14.1. The lowest BCUT2D eigenvalue weighted by atomic mass is 9.72. The molecule has 0 aliphatic carbocycles. The van der Waals surface area contributed by atoms with Crippen LogP contribution < -0.4 is 5.32 Å². The van der Waals surface area contributed by atoms with Crippen LogP contribution in [0.2, 0.25) is 0 Å². The number of piperidine rings is 1. The summed E-state index contributed by atoms with van der Waals surface area (Å²) in [6.07, 6.45) is 0. The fraction of sp³-hybridized carbons (Fsp3) is 0.160. The van der Waals surface area contributed by atoms with E-state index in [1.807, 2.05) is 36.4 Å². The lowest BCUT2D eigenvalue weighted by Crippen LogP contribution is -2.90. The highest BCUT2D eigenvalue weighted by Crippen LogP contribution is 2.44. The van der Waals surface area contributed by atoms with Crippen LogP contribution in [0.1, 0.15) is 44.8 Å². The SMILES string of the molecule is O=C1[C@H](c2ccccc2)[C@H](c2cccs2)[NH2+][C@H](c2cccs2)[C@@H]1c1ccccc1. The van der Waals surface area contributed by atoms with Crippen LogP contribution in [-0.4, -0.2) is 5.78 Å². The van der Waals surface area contributed by atoms with Gasteiger partial charge in [0.15, 0.2) is 5.78 Å². The summed E-state index contributed by atoms with van der Waals surface area (Å²) in [5.41, 5.74) is 2.22. The second-order valence-electron chi connectivity index (χ2n) is 7.45. The van der Waals surface area contributed by atoms with Gasteiger partial charge in [-0.1, -0.05) is 72.8 Å². The number of nitrogens with two attached hydrogens (primary N) is 1. The molecule has 1 fully saturated rings. The third-order valence-corrected chi connectivity index (χ3v) is 7.75. The van der Waals surface area contributed by atoms with Gasteiger partial charge in [0.2, 0.25) is 0 Å². The molecule has 0 spiro atoms. The van der Waals surface area contributed by atoms with Crippen molar-refractivity contribution in [3.8, 4) is 0 Å². The van der Waals surface area contributed by atoms with Gasteiger partial charge in [-0.05, 0) is 34.0 Å². The predicted octanol–water partition coefficient (Wildman–Crippen LogP) is 5.31. The molecular weight excluding hydrogens is 394 g/mol. The molecule has 2 aromatic carbocycles. The molecule has 0 saturated carbocycles. The van der Waals surface area contributed by atoms with Crippen LogP contribution in [0.4, 0.5) is 0 Å². The molecule has 2 N–H and O–H groups in total. The molecule has 29 heavy (non-hydrogen) atoms. The minimum absolute atomic E-state index is 0.0944. The molecule has 0 radical (unpaired) electrons. The maximum Gasteiger partial charge on any atom is 0.160 e. The minimum atomic E-state index is -0.156. The van der Waals surface area contributed by atoms with E-state index in [9.17, 15) is 4.79 Å². The Kier molecular flexibility index (Phi) is 5.15. The van der Waals surface area contributed by atoms with Gasteiger partial charge >= 0.3 is 0 Å². The minimum Gasteiger partial charge on any atom is -0.331 e. The third-order valence-electron chi connectivity index (χ3n) is 5.81. The highest BCUT2D eigenvalue weighted by molar-refractivity contribution is 7.10. The molecule has 144 valence electrons. The number of rotatable bonds is 4. The van der Waals surface area contributed by atoms with Crippen LogP contribution in [0.15, 0.2) is 95.7 Å². The van der Waals surface area contributed by atoms with E-state index in [1.54, 1.807) is 22.7 Å². The van der Waals surface area contributed by atoms with Gasteiger partial charge in [-0.3, -0.25) is 4.79 Å². The van der Waals surface area contributed by atoms with Crippen molar-refractivity contribution in [1.82, 2.24) is 0 Å². The van der Waals surface area contributed by atoms with Gasteiger partial charge in [-0.25, -0.2) is 0 Å². The lowest BCUT2D eigenvalue weighted by molar-refractivity contribution is -0.740. The molecule has 1 aliphatic rings. The van der Waals surface area contributed by atoms with Crippen LogP contribution in [0.25, 0.3) is 0 Å². The zero-order chi connectivity index (χ0) is 19.6. The topological polar surface area (TPSA) is 33.7 Å². The monoisotopic (exact) mass is 416 g/mol. The first-order valence-corrected chi connectivity index (χ1v) is 11.6. The van der Waals surface area contributed by atoms with E-state index in [2.05, 4.69) is 64.6 Å². The summed E-state index contributed by atoms with van der Waals surface area (Å²) in [6, 6.07) is 29.3. The molecule has 1 saturated heterocycles. The van der Waals surface area contributed by atoms with Gasteiger partial charge < -0.3 is 5.32 Å². The number of hydrogen-bond acceptors (Lipinski definition) is 3. The Labute approximate surface area is 178 Å². The first-order valence-electron chi connectivity index (χ1n) is 9.88. The van der Waals surface area contributed by atoms with Gasteiger partial charge in [0.25, 0.3) is 0 Å². The average molecular weight is 417 g/mol. The number of benzene rings is 2. The zero-order valence-corrected chi connectivity index (χ0v) is 17.5. The molecule has 4 atom stereocenters. The van der Waals surface area contributed by atoms with Crippen LogP contribution in [0.5, 0.6) is 0 Å². The first kappa shape index (κ1) is 18.5. The number of Topliss-reactive ketones (excluding diaryl/α,β-unsaturated/α-hetero) is 1. The summed E-state index contributed by atoms with van der Waals surface area (Å²) < 4.78 is 0. The number of quaternary nitrogens is 1. The van der Waals surface area contributed by atoms with Crippen molar-refractivity contribution in [1.29, 1.82) is 0 Å². The van der Waals surface area contributed by atoms with Crippen molar-refractivity contribution in [2.75, 3.05) is 0 Å².